The molecule has 26 heavy (non-hydrogen) atoms. The molecule has 4 heteroatoms. The first-order valence-corrected chi connectivity index (χ1v) is 8.72. The third-order valence-corrected chi connectivity index (χ3v) is 4.83. The van der Waals surface area contributed by atoms with Crippen LogP contribution in [0.3, 0.4) is 0 Å². The second-order valence-electron chi connectivity index (χ2n) is 6.38. The van der Waals surface area contributed by atoms with Gasteiger partial charge in [-0.2, -0.15) is 0 Å². The van der Waals surface area contributed by atoms with E-state index in [1.165, 1.54) is 5.56 Å². The lowest BCUT2D eigenvalue weighted by Gasteiger charge is -2.12. The number of hydrogen-bond acceptors (Lipinski definition) is 3. The lowest BCUT2D eigenvalue weighted by atomic mass is 10.1. The normalized spacial score (nSPS) is 11.2. The van der Waals surface area contributed by atoms with Crippen LogP contribution >= 0.6 is 0 Å². The largest absolute Gasteiger partial charge is 0.496 e. The summed E-state index contributed by atoms with van der Waals surface area (Å²) in [6.45, 7) is 4.11. The van der Waals surface area contributed by atoms with Crippen LogP contribution in [0.15, 0.2) is 54.7 Å². The molecule has 2 aromatic heterocycles. The van der Waals surface area contributed by atoms with Gasteiger partial charge in [-0.3, -0.25) is 9.20 Å². The van der Waals surface area contributed by atoms with Crippen LogP contribution in [-0.2, 0) is 6.42 Å². The van der Waals surface area contributed by atoms with Crippen molar-refractivity contribution in [2.24, 2.45) is 0 Å². The van der Waals surface area contributed by atoms with E-state index in [4.69, 9.17) is 4.74 Å². The van der Waals surface area contributed by atoms with Crippen molar-refractivity contribution in [1.29, 1.82) is 0 Å². The van der Waals surface area contributed by atoms with E-state index in [0.717, 1.165) is 34.3 Å². The fourth-order valence-electron chi connectivity index (χ4n) is 3.44. The second kappa shape index (κ2) is 6.30. The average Bonchev–Trinajstić information content (AvgIpc) is 3.14. The number of nitrogens with zero attached hydrogens (tertiary/aromatic N) is 2. The predicted molar refractivity (Wildman–Crippen MR) is 103 cm³/mol. The molecule has 0 saturated heterocycles. The Labute approximate surface area is 152 Å². The summed E-state index contributed by atoms with van der Waals surface area (Å²) in [4.78, 5) is 17.4. The van der Waals surface area contributed by atoms with Gasteiger partial charge < -0.3 is 4.74 Å². The number of ether oxygens (including phenoxy) is 1. The molecule has 0 aliphatic carbocycles. The fourth-order valence-corrected chi connectivity index (χ4v) is 3.44. The van der Waals surface area contributed by atoms with Gasteiger partial charge in [0.1, 0.15) is 17.1 Å². The lowest BCUT2D eigenvalue weighted by molar-refractivity contribution is 0.103. The molecule has 0 aliphatic heterocycles. The molecule has 0 bridgehead atoms. The molecule has 0 unspecified atom stereocenters. The van der Waals surface area contributed by atoms with Crippen molar-refractivity contribution >= 4 is 22.3 Å². The highest BCUT2D eigenvalue weighted by atomic mass is 16.5. The Hall–Kier alpha value is -3.14. The Morgan fingerprint density at radius 3 is 2.62 bits per heavy atom. The third kappa shape index (κ3) is 2.46. The highest BCUT2D eigenvalue weighted by Gasteiger charge is 2.19. The minimum absolute atomic E-state index is 0.0778. The molecule has 0 N–H and O–H groups in total. The van der Waals surface area contributed by atoms with Crippen molar-refractivity contribution in [2.75, 3.05) is 7.11 Å². The maximum atomic E-state index is 12.8. The van der Waals surface area contributed by atoms with Crippen LogP contribution in [0.2, 0.25) is 0 Å². The first kappa shape index (κ1) is 16.3. The highest BCUT2D eigenvalue weighted by Crippen LogP contribution is 2.33. The molecule has 4 nitrogen and oxygen atoms in total. The predicted octanol–water partition coefficient (Wildman–Crippen LogP) is 4.60. The number of methoxy groups -OCH3 is 1. The number of aromatic nitrogens is 2. The summed E-state index contributed by atoms with van der Waals surface area (Å²) in [6.07, 6.45) is 2.78. The zero-order valence-corrected chi connectivity index (χ0v) is 15.1. The molecular formula is C22H20N2O2. The average molecular weight is 344 g/mol. The van der Waals surface area contributed by atoms with Crippen molar-refractivity contribution in [3.8, 4) is 5.75 Å². The van der Waals surface area contributed by atoms with Crippen LogP contribution in [0, 0.1) is 6.92 Å². The summed E-state index contributed by atoms with van der Waals surface area (Å²) in [5.41, 5.74) is 4.99. The molecule has 0 spiro atoms. The van der Waals surface area contributed by atoms with Crippen molar-refractivity contribution in [1.82, 2.24) is 9.38 Å². The number of hydrogen-bond donors (Lipinski definition) is 0. The van der Waals surface area contributed by atoms with E-state index >= 15 is 0 Å². The van der Waals surface area contributed by atoms with Gasteiger partial charge in [-0.05, 0) is 31.0 Å². The number of aryl methyl sites for hydroxylation is 2. The number of rotatable bonds is 4. The van der Waals surface area contributed by atoms with Gasteiger partial charge in [0.15, 0.2) is 0 Å². The second-order valence-corrected chi connectivity index (χ2v) is 6.38. The van der Waals surface area contributed by atoms with Crippen molar-refractivity contribution in [2.45, 2.75) is 20.3 Å². The fraction of sp³-hybridized carbons (Fsp3) is 0.182. The summed E-state index contributed by atoms with van der Waals surface area (Å²) < 4.78 is 7.67. The number of carbonyl (C=O) groups excluding carboxylic acids is 1. The molecule has 0 amide bonds. The molecule has 0 atom stereocenters. The third-order valence-electron chi connectivity index (χ3n) is 4.83. The molecule has 0 fully saturated rings. The van der Waals surface area contributed by atoms with Gasteiger partial charge >= 0.3 is 0 Å². The van der Waals surface area contributed by atoms with Gasteiger partial charge in [0.25, 0.3) is 0 Å². The number of carbonyl (C=O) groups is 1. The van der Waals surface area contributed by atoms with Crippen LogP contribution in [0.1, 0.15) is 34.1 Å². The summed E-state index contributed by atoms with van der Waals surface area (Å²) in [6, 6.07) is 15.6. The number of pyridine rings is 1. The summed E-state index contributed by atoms with van der Waals surface area (Å²) >= 11 is 0. The highest BCUT2D eigenvalue weighted by molar-refractivity contribution is 6.08. The van der Waals surface area contributed by atoms with Crippen LogP contribution in [0.4, 0.5) is 0 Å². The van der Waals surface area contributed by atoms with Gasteiger partial charge in [-0.25, -0.2) is 4.98 Å². The topological polar surface area (TPSA) is 43.6 Å². The SMILES string of the molecule is CCc1ccc2c(c1)c(OC)c(C)c1nc(C(=O)c3ccccc3)cn12. The van der Waals surface area contributed by atoms with Gasteiger partial charge in [0.05, 0.1) is 12.6 Å². The smallest absolute Gasteiger partial charge is 0.212 e. The Kier molecular flexibility index (Phi) is 3.96. The standard InChI is InChI=1S/C22H20N2O2/c1-4-15-10-11-19-17(12-15)21(26-3)14(2)22-23-18(13-24(19)22)20(25)16-8-6-5-7-9-16/h5-13H,4H2,1-3H3. The maximum Gasteiger partial charge on any atom is 0.212 e. The number of imidazole rings is 1. The summed E-state index contributed by atoms with van der Waals surface area (Å²) in [5.74, 6) is 0.734. The molecule has 0 aliphatic rings. The molecule has 4 rings (SSSR count). The van der Waals surface area contributed by atoms with Gasteiger partial charge in [0, 0.05) is 22.7 Å². The summed E-state index contributed by atoms with van der Waals surface area (Å²) in [5, 5.41) is 1.04. The van der Waals surface area contributed by atoms with E-state index < -0.39 is 0 Å². The zero-order valence-electron chi connectivity index (χ0n) is 15.1. The Morgan fingerprint density at radius 1 is 1.15 bits per heavy atom. The van der Waals surface area contributed by atoms with E-state index in [-0.39, 0.29) is 5.78 Å². The molecule has 4 aromatic rings. The van der Waals surface area contributed by atoms with Crippen LogP contribution < -0.4 is 4.74 Å². The van der Waals surface area contributed by atoms with Crippen molar-refractivity contribution in [3.05, 3.63) is 77.1 Å². The van der Waals surface area contributed by atoms with E-state index in [1.54, 1.807) is 7.11 Å². The van der Waals surface area contributed by atoms with Crippen molar-refractivity contribution in [3.63, 3.8) is 0 Å². The number of fused-ring (bicyclic) bond motifs is 3. The molecule has 2 heterocycles. The lowest BCUT2D eigenvalue weighted by Crippen LogP contribution is -2.00. The Bertz CT molecular complexity index is 1130. The number of ketones is 1. The van der Waals surface area contributed by atoms with Gasteiger partial charge in [-0.15, -0.1) is 0 Å². The maximum absolute atomic E-state index is 12.8. The minimum Gasteiger partial charge on any atom is -0.496 e. The van der Waals surface area contributed by atoms with Gasteiger partial charge in [0.2, 0.25) is 5.78 Å². The number of benzene rings is 2. The molecule has 0 radical (unpaired) electrons. The summed E-state index contributed by atoms with van der Waals surface area (Å²) in [7, 11) is 1.68. The first-order valence-electron chi connectivity index (χ1n) is 8.72. The zero-order chi connectivity index (χ0) is 18.3. The van der Waals surface area contributed by atoms with E-state index in [1.807, 2.05) is 47.9 Å². The van der Waals surface area contributed by atoms with Crippen LogP contribution in [0.25, 0.3) is 16.6 Å². The van der Waals surface area contributed by atoms with Gasteiger partial charge in [-0.1, -0.05) is 43.3 Å². The molecule has 0 saturated carbocycles. The Morgan fingerprint density at radius 2 is 1.92 bits per heavy atom. The first-order chi connectivity index (χ1) is 12.6. The molecular weight excluding hydrogens is 324 g/mol. The van der Waals surface area contributed by atoms with Crippen LogP contribution in [0.5, 0.6) is 5.75 Å². The van der Waals surface area contributed by atoms with E-state index in [9.17, 15) is 4.79 Å². The quantitative estimate of drug-likeness (QED) is 0.508. The Balaban J connectivity index is 1.99. The van der Waals surface area contributed by atoms with Crippen molar-refractivity contribution < 1.29 is 9.53 Å². The van der Waals surface area contributed by atoms with E-state index in [2.05, 4.69) is 30.1 Å². The van der Waals surface area contributed by atoms with Crippen LogP contribution in [-0.4, -0.2) is 22.3 Å². The molecule has 2 aromatic carbocycles. The minimum atomic E-state index is -0.0778. The van der Waals surface area contributed by atoms with E-state index in [0.29, 0.717) is 11.3 Å². The monoisotopic (exact) mass is 344 g/mol. The molecule has 130 valence electrons.